The van der Waals surface area contributed by atoms with Gasteiger partial charge in [-0.05, 0) is 102 Å². The van der Waals surface area contributed by atoms with Crippen LogP contribution in [0.1, 0.15) is 77.3 Å². The van der Waals surface area contributed by atoms with E-state index in [4.69, 9.17) is 9.47 Å². The highest BCUT2D eigenvalue weighted by Gasteiger charge is 2.76. The summed E-state index contributed by atoms with van der Waals surface area (Å²) < 4.78 is 12.0. The third-order valence-electron chi connectivity index (χ3n) is 12.3. The maximum Gasteiger partial charge on any atom is 0.421 e. The number of hydrogen-bond acceptors (Lipinski definition) is 10. The zero-order chi connectivity index (χ0) is 43.1. The van der Waals surface area contributed by atoms with Crippen LogP contribution in [0.5, 0.6) is 5.75 Å². The molecule has 9 rings (SSSR count). The Hall–Kier alpha value is -7.56. The molecule has 5 aromatic carbocycles. The smallest absolute Gasteiger partial charge is 0.421 e. The molecule has 0 aromatic heterocycles. The first-order valence-electron chi connectivity index (χ1n) is 20.3. The highest BCUT2D eigenvalue weighted by atomic mass is 16.6. The number of hydrogen-bond donors (Lipinski definition) is 2. The van der Waals surface area contributed by atoms with Gasteiger partial charge in [0, 0.05) is 17.7 Å². The van der Waals surface area contributed by atoms with Crippen LogP contribution in [-0.4, -0.2) is 50.0 Å². The number of carbonyl (C=O) groups excluding carboxylic acids is 3. The average Bonchev–Trinajstić information content (AvgIpc) is 3.75. The number of nitro groups is 1. The molecule has 6 atom stereocenters. The molecule has 1 aliphatic carbocycles. The number of nitrogens with zero attached hydrogens (tertiary/aromatic N) is 3. The van der Waals surface area contributed by atoms with Crippen LogP contribution in [0.25, 0.3) is 0 Å². The van der Waals surface area contributed by atoms with Crippen molar-refractivity contribution in [2.75, 3.05) is 4.90 Å². The average molecular weight is 830 g/mol. The summed E-state index contributed by atoms with van der Waals surface area (Å²) in [6.45, 7) is -0.374. The van der Waals surface area contributed by atoms with Crippen LogP contribution in [0.15, 0.2) is 139 Å². The number of carbonyl (C=O) groups is 4. The number of esters is 1. The van der Waals surface area contributed by atoms with Gasteiger partial charge in [-0.25, -0.2) is 9.69 Å². The highest BCUT2D eigenvalue weighted by molar-refractivity contribution is 6.23. The van der Waals surface area contributed by atoms with Gasteiger partial charge in [0.15, 0.2) is 0 Å². The molecular weight excluding hydrogens is 791 g/mol. The predicted molar refractivity (Wildman–Crippen MR) is 224 cm³/mol. The number of ether oxygens (including phenoxy) is 2. The van der Waals surface area contributed by atoms with E-state index in [0.717, 1.165) is 36.2 Å². The van der Waals surface area contributed by atoms with Crippen molar-refractivity contribution in [1.82, 2.24) is 4.90 Å². The molecule has 13 heteroatoms. The van der Waals surface area contributed by atoms with E-state index in [0.29, 0.717) is 27.8 Å². The zero-order valence-electron chi connectivity index (χ0n) is 33.1. The van der Waals surface area contributed by atoms with E-state index in [1.165, 1.54) is 42.5 Å². The number of rotatable bonds is 7. The molecule has 2 N–H and O–H groups in total. The van der Waals surface area contributed by atoms with Gasteiger partial charge in [-0.1, -0.05) is 90.7 Å². The zero-order valence-corrected chi connectivity index (χ0v) is 33.1. The largest absolute Gasteiger partial charge is 0.508 e. The Labute approximate surface area is 356 Å². The molecule has 0 radical (unpaired) electrons. The van der Waals surface area contributed by atoms with E-state index in [2.05, 4.69) is 17.9 Å². The van der Waals surface area contributed by atoms with Crippen LogP contribution in [0, 0.1) is 27.9 Å². The normalized spacial score (nSPS) is 24.0. The lowest BCUT2D eigenvalue weighted by Crippen LogP contribution is -2.53. The molecule has 13 nitrogen and oxygen atoms in total. The number of phenolic OH excluding ortho intramolecular Hbond substituents is 1. The van der Waals surface area contributed by atoms with E-state index in [9.17, 15) is 34.7 Å². The summed E-state index contributed by atoms with van der Waals surface area (Å²) in [5, 5.41) is 33.3. The lowest BCUT2D eigenvalue weighted by molar-refractivity contribution is -0.384. The first-order chi connectivity index (χ1) is 30.1. The predicted octanol–water partition coefficient (Wildman–Crippen LogP) is 8.24. The minimum absolute atomic E-state index is 0.0465. The Morgan fingerprint density at radius 2 is 1.53 bits per heavy atom. The number of cyclic esters (lactones) is 1. The number of anilines is 1. The molecule has 4 aliphatic rings. The number of carboxylic acid groups (broad SMARTS) is 1. The minimum Gasteiger partial charge on any atom is -0.508 e. The van der Waals surface area contributed by atoms with Crippen molar-refractivity contribution in [2.45, 2.75) is 61.9 Å². The van der Waals surface area contributed by atoms with Crippen LogP contribution < -0.4 is 4.90 Å². The van der Waals surface area contributed by atoms with E-state index in [1.54, 1.807) is 29.2 Å². The molecule has 2 saturated heterocycles. The summed E-state index contributed by atoms with van der Waals surface area (Å²) >= 11 is 0. The molecule has 0 bridgehead atoms. The number of aliphatic carboxylic acids is 1. The van der Waals surface area contributed by atoms with Gasteiger partial charge < -0.3 is 19.7 Å². The number of imide groups is 1. The van der Waals surface area contributed by atoms with Crippen molar-refractivity contribution in [3.8, 4) is 17.6 Å². The Morgan fingerprint density at radius 3 is 2.18 bits per heavy atom. The standard InChI is InChI=1S/C49H39N3O10/c53-37-25-21-35(22-26-37)44-49(40(45(54)55)42-46(56)62-43(34-14-8-3-9-15-34)41(51(42)44)33-12-6-2-7-13-33)38-28-31(17-16-30-10-4-1-5-11-30)20-27-39(38)50(47(49)57)48(58)61-29-32-18-23-36(24-19-32)52(59)60/h2-3,6-10,12-15,18-28,40-44,53H,1,4-5,11,29H2,(H,54,55)/t40-,41-,42-,43+,44+,49-/m1/s1. The summed E-state index contributed by atoms with van der Waals surface area (Å²) in [7, 11) is 0. The van der Waals surface area contributed by atoms with Crippen molar-refractivity contribution in [1.29, 1.82) is 0 Å². The number of non-ortho nitro benzene ring substituents is 1. The lowest BCUT2D eigenvalue weighted by Gasteiger charge is -2.46. The molecule has 3 heterocycles. The Balaban J connectivity index is 1.27. The van der Waals surface area contributed by atoms with E-state index >= 15 is 4.79 Å². The number of fused-ring (bicyclic) bond motifs is 3. The molecule has 0 saturated carbocycles. The van der Waals surface area contributed by atoms with Crippen LogP contribution in [0.4, 0.5) is 16.2 Å². The fraction of sp³-hybridized carbons (Fsp3) is 0.224. The maximum atomic E-state index is 15.9. The Morgan fingerprint density at radius 1 is 0.839 bits per heavy atom. The second-order valence-corrected chi connectivity index (χ2v) is 15.8. The fourth-order valence-electron chi connectivity index (χ4n) is 9.63. The molecule has 2 amide bonds. The lowest BCUT2D eigenvalue weighted by atomic mass is 9.65. The summed E-state index contributed by atoms with van der Waals surface area (Å²) in [4.78, 5) is 72.6. The topological polar surface area (TPSA) is 177 Å². The van der Waals surface area contributed by atoms with Gasteiger partial charge in [0.25, 0.3) is 5.69 Å². The number of carboxylic acids is 1. The number of nitro benzene ring substituents is 1. The van der Waals surface area contributed by atoms with Crippen molar-refractivity contribution in [3.63, 3.8) is 0 Å². The van der Waals surface area contributed by atoms with Crippen molar-refractivity contribution >= 4 is 35.3 Å². The number of morpholine rings is 1. The van der Waals surface area contributed by atoms with Crippen molar-refractivity contribution in [2.24, 2.45) is 5.92 Å². The third kappa shape index (κ3) is 6.74. The van der Waals surface area contributed by atoms with E-state index in [-0.39, 0.29) is 29.3 Å². The van der Waals surface area contributed by atoms with Crippen LogP contribution in [0.3, 0.4) is 0 Å². The summed E-state index contributed by atoms with van der Waals surface area (Å²) in [6.07, 6.45) is 3.76. The van der Waals surface area contributed by atoms with Gasteiger partial charge in [-0.3, -0.25) is 29.4 Å². The third-order valence-corrected chi connectivity index (χ3v) is 12.3. The Bertz CT molecular complexity index is 2690. The van der Waals surface area contributed by atoms with Crippen molar-refractivity contribution < 1.29 is 43.8 Å². The molecule has 3 aliphatic heterocycles. The summed E-state index contributed by atoms with van der Waals surface area (Å²) in [6, 6.07) is 30.8. The van der Waals surface area contributed by atoms with E-state index in [1.807, 2.05) is 60.7 Å². The molecule has 0 unspecified atom stereocenters. The molecule has 1 spiro atoms. The van der Waals surface area contributed by atoms with Crippen molar-refractivity contribution in [3.05, 3.63) is 183 Å². The first-order valence-corrected chi connectivity index (χ1v) is 20.3. The number of allylic oxidation sites excluding steroid dienone is 2. The Kier molecular flexibility index (Phi) is 10.4. The minimum atomic E-state index is -2.20. The number of amides is 2. The van der Waals surface area contributed by atoms with Gasteiger partial charge in [-0.15, -0.1) is 0 Å². The molecule has 62 heavy (non-hydrogen) atoms. The van der Waals surface area contributed by atoms with Crippen LogP contribution in [-0.2, 0) is 35.9 Å². The van der Waals surface area contributed by atoms with Crippen LogP contribution >= 0.6 is 0 Å². The molecule has 2 fully saturated rings. The number of phenols is 1. The van der Waals surface area contributed by atoms with E-state index < -0.39 is 64.4 Å². The van der Waals surface area contributed by atoms with Gasteiger partial charge in [-0.2, -0.15) is 0 Å². The van der Waals surface area contributed by atoms with Gasteiger partial charge in [0.1, 0.15) is 35.8 Å². The first kappa shape index (κ1) is 39.9. The van der Waals surface area contributed by atoms with Crippen LogP contribution in [0.2, 0.25) is 0 Å². The fourth-order valence-corrected chi connectivity index (χ4v) is 9.63. The molecule has 5 aromatic rings. The molecular formula is C49H39N3O10. The summed E-state index contributed by atoms with van der Waals surface area (Å²) in [5.41, 5.74) is 1.34. The quantitative estimate of drug-likeness (QED) is 0.0699. The van der Waals surface area contributed by atoms with Gasteiger partial charge in [0.2, 0.25) is 5.91 Å². The number of benzene rings is 5. The van der Waals surface area contributed by atoms with Gasteiger partial charge >= 0.3 is 18.0 Å². The summed E-state index contributed by atoms with van der Waals surface area (Å²) in [5.74, 6) is 1.24. The SMILES string of the molecule is O=C1O[C@@H](c2ccccc2)[C@@H](c2ccccc2)N2[C@@H](c3ccc(O)cc3)[C@]3(C(=O)N(C(=O)OCc4ccc([N+](=O)[O-])cc4)c4ccc(C#CC5=CCCCC5)cc43)[C@@H](C(=O)O)[C@H]12. The molecule has 310 valence electrons. The maximum absolute atomic E-state index is 15.9. The second-order valence-electron chi connectivity index (χ2n) is 15.8. The van der Waals surface area contributed by atoms with Gasteiger partial charge in [0.05, 0.1) is 22.7 Å². The second kappa shape index (κ2) is 16.1. The number of aromatic hydroxyl groups is 1. The highest BCUT2D eigenvalue weighted by Crippen LogP contribution is 2.66. The monoisotopic (exact) mass is 829 g/mol.